The molecular weight excluding hydrogens is 282 g/mol. The number of nitrogens with one attached hydrogen (secondary N) is 2. The number of primary amides is 1. The molecule has 0 aliphatic carbocycles. The Bertz CT molecular complexity index is 568. The zero-order valence-corrected chi connectivity index (χ0v) is 10.4. The lowest BCUT2D eigenvalue weighted by molar-refractivity contribution is 0.249. The van der Waals surface area contributed by atoms with Gasteiger partial charge in [0.2, 0.25) is 10.0 Å². The lowest BCUT2D eigenvalue weighted by atomic mass is 10.3. The average molecular weight is 294 g/mol. The molecule has 0 unspecified atom stereocenters. The van der Waals surface area contributed by atoms with E-state index in [9.17, 15) is 22.0 Å². The molecule has 0 fully saturated rings. The number of amides is 2. The van der Waals surface area contributed by atoms with Crippen molar-refractivity contribution in [1.29, 1.82) is 0 Å². The minimum atomic E-state index is -4.38. The fraction of sp³-hybridized carbons (Fsp3) is 0.222. The number of hydrogen-bond acceptors (Lipinski definition) is 4. The Morgan fingerprint density at radius 1 is 1.21 bits per heavy atom. The summed E-state index contributed by atoms with van der Waals surface area (Å²) in [6.45, 7) is -0.388. The first-order valence-electron chi connectivity index (χ1n) is 5.01. The van der Waals surface area contributed by atoms with Gasteiger partial charge < -0.3 is 16.8 Å². The van der Waals surface area contributed by atoms with Gasteiger partial charge in [0, 0.05) is 18.8 Å². The van der Waals surface area contributed by atoms with Crippen LogP contribution in [0.5, 0.6) is 0 Å². The van der Waals surface area contributed by atoms with Crippen molar-refractivity contribution in [2.24, 2.45) is 5.73 Å². The van der Waals surface area contributed by atoms with Crippen LogP contribution in [0.2, 0.25) is 0 Å². The molecule has 0 aliphatic heterocycles. The molecule has 19 heavy (non-hydrogen) atoms. The van der Waals surface area contributed by atoms with Gasteiger partial charge in [0.05, 0.1) is 0 Å². The van der Waals surface area contributed by atoms with E-state index in [1.54, 1.807) is 0 Å². The Kier molecular flexibility index (Phi) is 4.62. The molecule has 0 saturated heterocycles. The second-order valence-corrected chi connectivity index (χ2v) is 5.21. The van der Waals surface area contributed by atoms with Crippen molar-refractivity contribution in [1.82, 2.24) is 10.0 Å². The third kappa shape index (κ3) is 4.03. The highest BCUT2D eigenvalue weighted by Gasteiger charge is 2.24. The summed E-state index contributed by atoms with van der Waals surface area (Å²) in [4.78, 5) is 9.22. The topological polar surface area (TPSA) is 127 Å². The lowest BCUT2D eigenvalue weighted by Gasteiger charge is -2.09. The van der Waals surface area contributed by atoms with Gasteiger partial charge in [-0.15, -0.1) is 0 Å². The third-order valence-corrected chi connectivity index (χ3v) is 3.52. The Labute approximate surface area is 108 Å². The largest absolute Gasteiger partial charge is 0.399 e. The van der Waals surface area contributed by atoms with Gasteiger partial charge in [-0.2, -0.15) is 0 Å². The number of sulfonamides is 1. The predicted molar refractivity (Wildman–Crippen MR) is 63.5 cm³/mol. The van der Waals surface area contributed by atoms with Gasteiger partial charge in [0.15, 0.2) is 4.90 Å². The van der Waals surface area contributed by atoms with Crippen LogP contribution < -0.4 is 21.5 Å². The molecule has 10 heteroatoms. The van der Waals surface area contributed by atoms with Crippen molar-refractivity contribution < 1.29 is 22.0 Å². The van der Waals surface area contributed by atoms with Crippen LogP contribution in [0, 0.1) is 11.6 Å². The summed E-state index contributed by atoms with van der Waals surface area (Å²) >= 11 is 0. The van der Waals surface area contributed by atoms with Crippen molar-refractivity contribution >= 4 is 21.7 Å². The summed E-state index contributed by atoms with van der Waals surface area (Å²) in [5.41, 5.74) is 9.69. The Balaban J connectivity index is 2.86. The first-order chi connectivity index (χ1) is 8.74. The van der Waals surface area contributed by atoms with Gasteiger partial charge >= 0.3 is 6.03 Å². The van der Waals surface area contributed by atoms with Crippen LogP contribution in [0.4, 0.5) is 19.3 Å². The summed E-state index contributed by atoms with van der Waals surface area (Å²) in [5, 5.41) is 2.11. The first-order valence-corrected chi connectivity index (χ1v) is 6.50. The highest BCUT2D eigenvalue weighted by molar-refractivity contribution is 7.89. The molecule has 0 heterocycles. The number of halogens is 2. The highest BCUT2D eigenvalue weighted by atomic mass is 32.2. The molecule has 1 aromatic carbocycles. The molecule has 6 N–H and O–H groups in total. The number of nitrogens with two attached hydrogens (primary N) is 2. The summed E-state index contributed by atoms with van der Waals surface area (Å²) in [7, 11) is -4.38. The van der Waals surface area contributed by atoms with Crippen molar-refractivity contribution in [3.63, 3.8) is 0 Å². The van der Waals surface area contributed by atoms with Crippen LogP contribution >= 0.6 is 0 Å². The van der Waals surface area contributed by atoms with Gasteiger partial charge in [-0.25, -0.2) is 26.7 Å². The van der Waals surface area contributed by atoms with E-state index in [4.69, 9.17) is 11.5 Å². The van der Waals surface area contributed by atoms with Crippen LogP contribution in [0.1, 0.15) is 0 Å². The number of carbonyl (C=O) groups is 1. The molecule has 0 bridgehead atoms. The molecule has 0 aliphatic rings. The summed E-state index contributed by atoms with van der Waals surface area (Å²) in [6.07, 6.45) is 0. The maximum Gasteiger partial charge on any atom is 0.312 e. The fourth-order valence-corrected chi connectivity index (χ4v) is 2.43. The normalized spacial score (nSPS) is 11.3. The van der Waals surface area contributed by atoms with E-state index in [2.05, 4.69) is 5.32 Å². The monoisotopic (exact) mass is 294 g/mol. The van der Waals surface area contributed by atoms with Crippen LogP contribution in [0.3, 0.4) is 0 Å². The van der Waals surface area contributed by atoms with Crippen LogP contribution in [-0.4, -0.2) is 27.5 Å². The van der Waals surface area contributed by atoms with E-state index >= 15 is 0 Å². The number of urea groups is 1. The lowest BCUT2D eigenvalue weighted by Crippen LogP contribution is -2.37. The number of anilines is 1. The molecule has 106 valence electrons. The number of rotatable bonds is 5. The van der Waals surface area contributed by atoms with E-state index in [1.165, 1.54) is 0 Å². The van der Waals surface area contributed by atoms with E-state index < -0.39 is 32.6 Å². The SMILES string of the molecule is NC(=O)NCCNS(=O)(=O)c1c(F)cc(N)cc1F. The zero-order chi connectivity index (χ0) is 14.6. The Morgan fingerprint density at radius 3 is 2.21 bits per heavy atom. The van der Waals surface area contributed by atoms with Gasteiger partial charge in [0.25, 0.3) is 0 Å². The van der Waals surface area contributed by atoms with Crippen LogP contribution in [-0.2, 0) is 10.0 Å². The first kappa shape index (κ1) is 15.1. The van der Waals surface area contributed by atoms with Gasteiger partial charge in [0.1, 0.15) is 11.6 Å². The molecule has 0 saturated carbocycles. The van der Waals surface area contributed by atoms with Gasteiger partial charge in [-0.1, -0.05) is 0 Å². The average Bonchev–Trinajstić information content (AvgIpc) is 2.22. The molecule has 0 spiro atoms. The van der Waals surface area contributed by atoms with E-state index in [0.29, 0.717) is 12.1 Å². The molecule has 2 amide bonds. The van der Waals surface area contributed by atoms with Crippen molar-refractivity contribution in [2.45, 2.75) is 4.90 Å². The summed E-state index contributed by atoms with van der Waals surface area (Å²) in [5.74, 6) is -2.60. The minimum absolute atomic E-state index is 0.118. The Morgan fingerprint density at radius 2 is 1.74 bits per heavy atom. The van der Waals surface area contributed by atoms with E-state index in [-0.39, 0.29) is 18.8 Å². The molecular formula is C9H12F2N4O3S. The standard InChI is InChI=1S/C9H12F2N4O3S/c10-6-3-5(12)4-7(11)8(6)19(17,18)15-2-1-14-9(13)16/h3-4,15H,1-2,12H2,(H3,13,14,16). The van der Waals surface area contributed by atoms with Crippen molar-refractivity contribution in [2.75, 3.05) is 18.8 Å². The zero-order valence-electron chi connectivity index (χ0n) is 9.61. The molecule has 1 aromatic rings. The molecule has 1 rings (SSSR count). The Hall–Kier alpha value is -1.94. The van der Waals surface area contributed by atoms with Crippen LogP contribution in [0.15, 0.2) is 17.0 Å². The maximum absolute atomic E-state index is 13.4. The van der Waals surface area contributed by atoms with E-state index in [1.807, 2.05) is 4.72 Å². The minimum Gasteiger partial charge on any atom is -0.399 e. The highest BCUT2D eigenvalue weighted by Crippen LogP contribution is 2.21. The number of nitrogen functional groups attached to an aromatic ring is 1. The smallest absolute Gasteiger partial charge is 0.312 e. The third-order valence-electron chi connectivity index (χ3n) is 2.01. The number of hydrogen-bond donors (Lipinski definition) is 4. The second-order valence-electron chi connectivity index (χ2n) is 3.50. The second kappa shape index (κ2) is 5.80. The summed E-state index contributed by atoms with van der Waals surface area (Å²) in [6, 6.07) is 0.544. The molecule has 0 radical (unpaired) electrons. The molecule has 7 nitrogen and oxygen atoms in total. The van der Waals surface area contributed by atoms with Gasteiger partial charge in [-0.05, 0) is 12.1 Å². The quantitative estimate of drug-likeness (QED) is 0.431. The molecule has 0 aromatic heterocycles. The predicted octanol–water partition coefficient (Wildman–Crippen LogP) is -0.506. The van der Waals surface area contributed by atoms with Crippen molar-refractivity contribution in [3.8, 4) is 0 Å². The van der Waals surface area contributed by atoms with Crippen molar-refractivity contribution in [3.05, 3.63) is 23.8 Å². The van der Waals surface area contributed by atoms with Crippen LogP contribution in [0.25, 0.3) is 0 Å². The number of benzene rings is 1. The fourth-order valence-electron chi connectivity index (χ4n) is 1.28. The van der Waals surface area contributed by atoms with Gasteiger partial charge in [-0.3, -0.25) is 0 Å². The molecule has 0 atom stereocenters. The maximum atomic E-state index is 13.4. The van der Waals surface area contributed by atoms with E-state index in [0.717, 1.165) is 0 Å². The summed E-state index contributed by atoms with van der Waals surface area (Å²) < 4.78 is 52.1. The number of carbonyl (C=O) groups excluding carboxylic acids is 1.